The smallest absolute Gasteiger partial charge is 0.284 e. The van der Waals surface area contributed by atoms with Crippen LogP contribution in [0.2, 0.25) is 0 Å². The van der Waals surface area contributed by atoms with Gasteiger partial charge in [0.1, 0.15) is 28.9 Å². The second-order valence-electron chi connectivity index (χ2n) is 6.62. The van der Waals surface area contributed by atoms with Gasteiger partial charge in [-0.15, -0.1) is 0 Å². The van der Waals surface area contributed by atoms with E-state index in [1.54, 1.807) is 12.1 Å². The molecule has 0 saturated carbocycles. The summed E-state index contributed by atoms with van der Waals surface area (Å²) >= 11 is 0. The van der Waals surface area contributed by atoms with E-state index < -0.39 is 10.8 Å². The first kappa shape index (κ1) is 21.3. The highest BCUT2D eigenvalue weighted by Crippen LogP contribution is 2.34. The molecule has 3 rings (SSSR count). The van der Waals surface area contributed by atoms with Crippen LogP contribution in [0.5, 0.6) is 5.75 Å². The van der Waals surface area contributed by atoms with Gasteiger partial charge in [0, 0.05) is 6.08 Å². The Hall–Kier alpha value is -4.38. The van der Waals surface area contributed by atoms with Crippen LogP contribution in [0, 0.1) is 21.4 Å². The minimum atomic E-state index is -0.549. The highest BCUT2D eigenvalue weighted by atomic mass is 16.6. The van der Waals surface area contributed by atoms with Crippen LogP contribution in [0.3, 0.4) is 0 Å². The van der Waals surface area contributed by atoms with Gasteiger partial charge in [-0.05, 0) is 36.8 Å². The van der Waals surface area contributed by atoms with Gasteiger partial charge in [0.05, 0.1) is 29.7 Å². The number of nitrogens with one attached hydrogen (secondary N) is 1. The van der Waals surface area contributed by atoms with Crippen LogP contribution < -0.4 is 10.1 Å². The van der Waals surface area contributed by atoms with Crippen molar-refractivity contribution >= 4 is 17.7 Å². The van der Waals surface area contributed by atoms with E-state index in [2.05, 4.69) is 5.32 Å². The number of nitriles is 1. The average Bonchev–Trinajstić information content (AvgIpc) is 3.25. The van der Waals surface area contributed by atoms with Crippen molar-refractivity contribution in [1.82, 2.24) is 5.32 Å². The van der Waals surface area contributed by atoms with Crippen LogP contribution >= 0.6 is 0 Å². The van der Waals surface area contributed by atoms with Crippen molar-refractivity contribution in [1.29, 1.82) is 5.26 Å². The summed E-state index contributed by atoms with van der Waals surface area (Å²) < 4.78 is 10.7. The van der Waals surface area contributed by atoms with E-state index in [1.165, 1.54) is 31.4 Å². The molecular weight excluding hydrogens is 398 g/mol. The number of hydrogen-bond donors (Lipinski definition) is 1. The molecule has 0 bridgehead atoms. The lowest BCUT2D eigenvalue weighted by Gasteiger charge is -2.13. The van der Waals surface area contributed by atoms with Crippen molar-refractivity contribution in [3.8, 4) is 23.1 Å². The van der Waals surface area contributed by atoms with Gasteiger partial charge in [0.15, 0.2) is 0 Å². The molecule has 2 aromatic carbocycles. The largest absolute Gasteiger partial charge is 0.497 e. The zero-order chi connectivity index (χ0) is 22.4. The number of nitro benzene ring substituents is 1. The molecule has 8 heteroatoms. The van der Waals surface area contributed by atoms with Crippen molar-refractivity contribution in [2.45, 2.75) is 13.0 Å². The lowest BCUT2D eigenvalue weighted by atomic mass is 10.1. The molecule has 1 aromatic heterocycles. The van der Waals surface area contributed by atoms with E-state index in [1.807, 2.05) is 43.3 Å². The van der Waals surface area contributed by atoms with Gasteiger partial charge < -0.3 is 14.5 Å². The van der Waals surface area contributed by atoms with Crippen LogP contribution in [-0.2, 0) is 4.79 Å². The fourth-order valence-corrected chi connectivity index (χ4v) is 2.96. The topological polar surface area (TPSA) is 118 Å². The second kappa shape index (κ2) is 9.41. The monoisotopic (exact) mass is 417 g/mol. The summed E-state index contributed by atoms with van der Waals surface area (Å²) in [6.45, 7) is 1.82. The van der Waals surface area contributed by atoms with Gasteiger partial charge in [-0.1, -0.05) is 30.3 Å². The molecule has 0 fully saturated rings. The maximum absolute atomic E-state index is 12.5. The third-order valence-corrected chi connectivity index (χ3v) is 4.59. The summed E-state index contributed by atoms with van der Waals surface area (Å²) in [6.07, 6.45) is 1.30. The first-order valence-electron chi connectivity index (χ1n) is 9.33. The molecule has 1 atom stereocenters. The van der Waals surface area contributed by atoms with Crippen LogP contribution in [-0.4, -0.2) is 17.9 Å². The number of ether oxygens (including phenoxy) is 1. The van der Waals surface area contributed by atoms with E-state index in [9.17, 15) is 20.2 Å². The second-order valence-corrected chi connectivity index (χ2v) is 6.62. The van der Waals surface area contributed by atoms with Gasteiger partial charge in [-0.25, -0.2) is 0 Å². The lowest BCUT2D eigenvalue weighted by molar-refractivity contribution is -0.384. The minimum absolute atomic E-state index is 0.145. The summed E-state index contributed by atoms with van der Waals surface area (Å²) in [5.74, 6) is 0.250. The summed E-state index contributed by atoms with van der Waals surface area (Å²) in [5, 5.41) is 23.6. The Morgan fingerprint density at radius 1 is 1.23 bits per heavy atom. The molecule has 156 valence electrons. The maximum Gasteiger partial charge on any atom is 0.284 e. The number of nitro groups is 1. The van der Waals surface area contributed by atoms with Crippen molar-refractivity contribution in [2.75, 3.05) is 7.11 Å². The molecule has 8 nitrogen and oxygen atoms in total. The fraction of sp³-hybridized carbons (Fsp3) is 0.130. The van der Waals surface area contributed by atoms with E-state index in [0.29, 0.717) is 5.75 Å². The standard InChI is InChI=1S/C23H19N3O5/c1-15(16-6-4-3-5-7-16)25-23(27)17(14-24)12-19-9-11-22(31-19)20-10-8-18(30-2)13-21(20)26(28)29/h3-13,15H,1-2H3,(H,25,27)/b17-12+/t15-/m1/s1. The van der Waals surface area contributed by atoms with Gasteiger partial charge >= 0.3 is 0 Å². The van der Waals surface area contributed by atoms with E-state index in [0.717, 1.165) is 5.56 Å². The van der Waals surface area contributed by atoms with Gasteiger partial charge in [-0.3, -0.25) is 14.9 Å². The maximum atomic E-state index is 12.5. The molecule has 31 heavy (non-hydrogen) atoms. The summed E-state index contributed by atoms with van der Waals surface area (Å²) in [5.41, 5.74) is 0.832. The zero-order valence-corrected chi connectivity index (χ0v) is 16.9. The van der Waals surface area contributed by atoms with Crippen LogP contribution in [0.1, 0.15) is 24.3 Å². The normalized spacial score (nSPS) is 12.0. The third kappa shape index (κ3) is 4.97. The van der Waals surface area contributed by atoms with Crippen LogP contribution in [0.15, 0.2) is 70.7 Å². The molecule has 0 saturated heterocycles. The number of methoxy groups -OCH3 is 1. The Labute approximate surface area is 178 Å². The molecular formula is C23H19N3O5. The third-order valence-electron chi connectivity index (χ3n) is 4.59. The molecule has 1 amide bonds. The average molecular weight is 417 g/mol. The number of furan rings is 1. The number of carbonyl (C=O) groups is 1. The molecule has 0 unspecified atom stereocenters. The SMILES string of the molecule is COc1ccc(-c2ccc(/C=C(\C#N)C(=O)N[C@H](C)c3ccccc3)o2)c([N+](=O)[O-])c1. The number of rotatable bonds is 7. The van der Waals surface area contributed by atoms with Crippen LogP contribution in [0.4, 0.5) is 5.69 Å². The highest BCUT2D eigenvalue weighted by molar-refractivity contribution is 6.01. The molecule has 1 heterocycles. The number of amides is 1. The highest BCUT2D eigenvalue weighted by Gasteiger charge is 2.20. The first-order valence-corrected chi connectivity index (χ1v) is 9.33. The van der Waals surface area contributed by atoms with E-state index >= 15 is 0 Å². The Kier molecular flexibility index (Phi) is 6.48. The predicted molar refractivity (Wildman–Crippen MR) is 114 cm³/mol. The first-order chi connectivity index (χ1) is 14.9. The molecule has 0 aliphatic heterocycles. The van der Waals surface area contributed by atoms with Crippen LogP contribution in [0.25, 0.3) is 17.4 Å². The number of benzene rings is 2. The minimum Gasteiger partial charge on any atom is -0.497 e. The van der Waals surface area contributed by atoms with Crippen molar-refractivity contribution in [3.05, 3.63) is 87.7 Å². The molecule has 0 aliphatic carbocycles. The van der Waals surface area contributed by atoms with Crippen molar-refractivity contribution in [2.24, 2.45) is 0 Å². The Balaban J connectivity index is 1.84. The summed E-state index contributed by atoms with van der Waals surface area (Å²) in [7, 11) is 1.42. The predicted octanol–water partition coefficient (Wildman–Crippen LogP) is 4.65. The van der Waals surface area contributed by atoms with Crippen molar-refractivity contribution in [3.63, 3.8) is 0 Å². The molecule has 1 N–H and O–H groups in total. The van der Waals surface area contributed by atoms with E-state index in [4.69, 9.17) is 9.15 Å². The zero-order valence-electron chi connectivity index (χ0n) is 16.9. The van der Waals surface area contributed by atoms with Gasteiger partial charge in [0.25, 0.3) is 11.6 Å². The Morgan fingerprint density at radius 3 is 2.61 bits per heavy atom. The van der Waals surface area contributed by atoms with Gasteiger partial charge in [-0.2, -0.15) is 5.26 Å². The molecule has 0 radical (unpaired) electrons. The number of nitrogens with zero attached hydrogens (tertiary/aromatic N) is 2. The quantitative estimate of drug-likeness (QED) is 0.259. The molecule has 3 aromatic rings. The van der Waals surface area contributed by atoms with Crippen molar-refractivity contribution < 1.29 is 18.9 Å². The number of carbonyl (C=O) groups excluding carboxylic acids is 1. The lowest BCUT2D eigenvalue weighted by Crippen LogP contribution is -2.27. The summed E-state index contributed by atoms with van der Waals surface area (Å²) in [4.78, 5) is 23.4. The van der Waals surface area contributed by atoms with E-state index in [-0.39, 0.29) is 34.4 Å². The number of hydrogen-bond acceptors (Lipinski definition) is 6. The Bertz CT molecular complexity index is 1180. The Morgan fingerprint density at radius 2 is 1.97 bits per heavy atom. The van der Waals surface area contributed by atoms with Gasteiger partial charge in [0.2, 0.25) is 0 Å². The molecule has 0 spiro atoms. The molecule has 0 aliphatic rings. The fourth-order valence-electron chi connectivity index (χ4n) is 2.96. The summed E-state index contributed by atoms with van der Waals surface area (Å²) in [6, 6.07) is 18.4.